The number of nitrogen functional groups attached to an aromatic ring is 1. The van der Waals surface area contributed by atoms with E-state index in [4.69, 9.17) is 5.73 Å². The monoisotopic (exact) mass is 302 g/mol. The molecule has 0 radical (unpaired) electrons. The van der Waals surface area contributed by atoms with Gasteiger partial charge in [-0.15, -0.1) is 0 Å². The predicted octanol–water partition coefficient (Wildman–Crippen LogP) is 3.71. The second-order valence-electron chi connectivity index (χ2n) is 5.64. The van der Waals surface area contributed by atoms with Crippen LogP contribution in [0.3, 0.4) is 0 Å². The first kappa shape index (κ1) is 15.7. The van der Waals surface area contributed by atoms with Crippen LogP contribution in [-0.2, 0) is 16.6 Å². The van der Waals surface area contributed by atoms with E-state index >= 15 is 0 Å². The Kier molecular flexibility index (Phi) is 4.78. The Morgan fingerprint density at radius 1 is 1.19 bits per heavy atom. The fraction of sp³-hybridized carbons (Fsp3) is 0.353. The van der Waals surface area contributed by atoms with Crippen LogP contribution in [0.5, 0.6) is 0 Å². The highest BCUT2D eigenvalue weighted by atomic mass is 32.2. The van der Waals surface area contributed by atoms with Crippen molar-refractivity contribution in [3.63, 3.8) is 0 Å². The van der Waals surface area contributed by atoms with Gasteiger partial charge in [-0.2, -0.15) is 0 Å². The van der Waals surface area contributed by atoms with Gasteiger partial charge < -0.3 is 5.73 Å². The summed E-state index contributed by atoms with van der Waals surface area (Å²) in [5.74, 6) is 0.880. The first-order chi connectivity index (χ1) is 9.90. The summed E-state index contributed by atoms with van der Waals surface area (Å²) in [6.07, 6.45) is 1.75. The summed E-state index contributed by atoms with van der Waals surface area (Å²) in [7, 11) is -1.10. The normalized spacial score (nSPS) is 12.6. The van der Waals surface area contributed by atoms with Crippen molar-refractivity contribution in [3.8, 4) is 0 Å². The van der Waals surface area contributed by atoms with Crippen molar-refractivity contribution in [2.75, 3.05) is 5.73 Å². The van der Waals surface area contributed by atoms with Crippen LogP contribution in [0.4, 0.5) is 5.69 Å². The molecule has 2 rings (SSSR count). The molecule has 1 aromatic heterocycles. The van der Waals surface area contributed by atoms with Crippen LogP contribution >= 0.6 is 0 Å². The zero-order chi connectivity index (χ0) is 15.6. The number of nitrogens with two attached hydrogens (primary N) is 1. The molecule has 1 atom stereocenters. The van der Waals surface area contributed by atoms with E-state index in [1.807, 2.05) is 38.1 Å². The number of pyridine rings is 1. The fourth-order valence-electron chi connectivity index (χ4n) is 2.15. The molecule has 3 nitrogen and oxygen atoms in total. The van der Waals surface area contributed by atoms with Gasteiger partial charge in [0, 0.05) is 16.8 Å². The molecular formula is C17H22N2OS. The Hall–Kier alpha value is -1.68. The van der Waals surface area contributed by atoms with Gasteiger partial charge in [-0.05, 0) is 48.6 Å². The highest BCUT2D eigenvalue weighted by Gasteiger charge is 2.11. The van der Waals surface area contributed by atoms with Crippen LogP contribution in [0.2, 0.25) is 0 Å². The van der Waals surface area contributed by atoms with Gasteiger partial charge in [0.05, 0.1) is 22.2 Å². The van der Waals surface area contributed by atoms with Crippen molar-refractivity contribution in [2.24, 2.45) is 0 Å². The minimum atomic E-state index is -1.10. The van der Waals surface area contributed by atoms with Gasteiger partial charge in [0.25, 0.3) is 0 Å². The van der Waals surface area contributed by atoms with E-state index in [-0.39, 0.29) is 0 Å². The first-order valence-electron chi connectivity index (χ1n) is 7.09. The lowest BCUT2D eigenvalue weighted by Gasteiger charge is -2.10. The molecule has 0 aliphatic rings. The van der Waals surface area contributed by atoms with E-state index in [0.717, 1.165) is 27.4 Å². The maximum atomic E-state index is 12.5. The number of aryl methyl sites for hydroxylation is 1. The molecule has 2 N–H and O–H groups in total. The molecule has 4 heteroatoms. The molecule has 0 bridgehead atoms. The number of rotatable bonds is 4. The predicted molar refractivity (Wildman–Crippen MR) is 88.8 cm³/mol. The Labute approximate surface area is 129 Å². The molecule has 112 valence electrons. The molecule has 1 unspecified atom stereocenters. The van der Waals surface area contributed by atoms with Crippen molar-refractivity contribution in [2.45, 2.75) is 44.3 Å². The van der Waals surface area contributed by atoms with Crippen LogP contribution in [0.25, 0.3) is 0 Å². The topological polar surface area (TPSA) is 56.0 Å². The summed E-state index contributed by atoms with van der Waals surface area (Å²) >= 11 is 0. The van der Waals surface area contributed by atoms with Gasteiger partial charge >= 0.3 is 0 Å². The van der Waals surface area contributed by atoms with Crippen LogP contribution in [0, 0.1) is 13.8 Å². The Morgan fingerprint density at radius 2 is 1.81 bits per heavy atom. The van der Waals surface area contributed by atoms with Crippen LogP contribution < -0.4 is 5.73 Å². The lowest BCUT2D eigenvalue weighted by atomic mass is 10.0. The van der Waals surface area contributed by atoms with E-state index in [0.29, 0.717) is 11.7 Å². The Morgan fingerprint density at radius 3 is 2.38 bits per heavy atom. The van der Waals surface area contributed by atoms with E-state index in [1.54, 1.807) is 6.20 Å². The van der Waals surface area contributed by atoms with Gasteiger partial charge in [-0.1, -0.05) is 26.0 Å². The largest absolute Gasteiger partial charge is 0.398 e. The second kappa shape index (κ2) is 6.39. The first-order valence-corrected chi connectivity index (χ1v) is 8.41. The quantitative estimate of drug-likeness (QED) is 0.936. The lowest BCUT2D eigenvalue weighted by molar-refractivity contribution is 0.682. The summed E-state index contributed by atoms with van der Waals surface area (Å²) in [5, 5.41) is 0. The lowest BCUT2D eigenvalue weighted by Crippen LogP contribution is -2.05. The number of aromatic nitrogens is 1. The number of benzene rings is 1. The number of nitrogens with zero attached hydrogens (tertiary/aromatic N) is 1. The third kappa shape index (κ3) is 3.50. The molecular weight excluding hydrogens is 280 g/mol. The van der Waals surface area contributed by atoms with Gasteiger partial charge in [-0.3, -0.25) is 9.19 Å². The molecule has 1 heterocycles. The number of anilines is 1. The molecule has 0 fully saturated rings. The molecule has 2 aromatic rings. The molecule has 0 spiro atoms. The maximum absolute atomic E-state index is 12.5. The van der Waals surface area contributed by atoms with Crippen molar-refractivity contribution >= 4 is 16.5 Å². The summed E-state index contributed by atoms with van der Waals surface area (Å²) in [5.41, 5.74) is 10.7. The van der Waals surface area contributed by atoms with Crippen LogP contribution in [0.1, 0.15) is 42.1 Å². The molecule has 0 aliphatic carbocycles. The summed E-state index contributed by atoms with van der Waals surface area (Å²) in [6, 6.07) is 7.97. The van der Waals surface area contributed by atoms with Gasteiger partial charge in [0.15, 0.2) is 0 Å². The third-order valence-corrected chi connectivity index (χ3v) is 5.09. The van der Waals surface area contributed by atoms with Crippen molar-refractivity contribution in [1.29, 1.82) is 0 Å². The summed E-state index contributed by atoms with van der Waals surface area (Å²) in [4.78, 5) is 5.21. The van der Waals surface area contributed by atoms with E-state index in [2.05, 4.69) is 18.8 Å². The minimum Gasteiger partial charge on any atom is -0.398 e. The summed E-state index contributed by atoms with van der Waals surface area (Å²) in [6.45, 7) is 8.16. The van der Waals surface area contributed by atoms with E-state index in [9.17, 15) is 4.21 Å². The number of hydrogen-bond donors (Lipinski definition) is 1. The zero-order valence-corrected chi connectivity index (χ0v) is 13.8. The average Bonchev–Trinajstić information content (AvgIpc) is 2.48. The summed E-state index contributed by atoms with van der Waals surface area (Å²) < 4.78 is 12.5. The third-order valence-electron chi connectivity index (χ3n) is 3.75. The second-order valence-corrected chi connectivity index (χ2v) is 7.09. The van der Waals surface area contributed by atoms with Gasteiger partial charge in [0.1, 0.15) is 0 Å². The molecule has 0 saturated heterocycles. The molecule has 0 amide bonds. The maximum Gasteiger partial charge on any atom is 0.0709 e. The SMILES string of the molecule is Cc1cnc(CS(=O)c2ccc(C(C)C)cc2)c(C)c1N. The Bertz CT molecular complexity index is 663. The van der Waals surface area contributed by atoms with Crippen molar-refractivity contribution in [1.82, 2.24) is 4.98 Å². The van der Waals surface area contributed by atoms with E-state index in [1.165, 1.54) is 5.56 Å². The molecule has 1 aromatic carbocycles. The average molecular weight is 302 g/mol. The minimum absolute atomic E-state index is 0.400. The van der Waals surface area contributed by atoms with Gasteiger partial charge in [0.2, 0.25) is 0 Å². The molecule has 0 saturated carbocycles. The molecule has 21 heavy (non-hydrogen) atoms. The highest BCUT2D eigenvalue weighted by Crippen LogP contribution is 2.22. The number of hydrogen-bond acceptors (Lipinski definition) is 3. The molecule has 0 aliphatic heterocycles. The van der Waals surface area contributed by atoms with Gasteiger partial charge in [-0.25, -0.2) is 0 Å². The smallest absolute Gasteiger partial charge is 0.0709 e. The van der Waals surface area contributed by atoms with Crippen molar-refractivity contribution < 1.29 is 4.21 Å². The van der Waals surface area contributed by atoms with Crippen molar-refractivity contribution in [3.05, 3.63) is 52.8 Å². The highest BCUT2D eigenvalue weighted by molar-refractivity contribution is 7.84. The zero-order valence-electron chi connectivity index (χ0n) is 13.0. The van der Waals surface area contributed by atoms with Crippen LogP contribution in [0.15, 0.2) is 35.4 Å². The van der Waals surface area contributed by atoms with E-state index < -0.39 is 10.8 Å². The fourth-order valence-corrected chi connectivity index (χ4v) is 3.30. The standard InChI is InChI=1S/C17H22N2OS/c1-11(2)14-5-7-15(8-6-14)21(20)10-16-13(4)17(18)12(3)9-19-16/h5-9,11H,10H2,1-4H3,(H2,18,19). The van der Waals surface area contributed by atoms with Crippen LogP contribution in [-0.4, -0.2) is 9.19 Å². The Balaban J connectivity index is 2.20.